The van der Waals surface area contributed by atoms with E-state index in [-0.39, 0.29) is 22.2 Å². The lowest BCUT2D eigenvalue weighted by molar-refractivity contribution is 0.394. The Labute approximate surface area is 117 Å². The fraction of sp³-hybridized carbons (Fsp3) is 0.500. The lowest BCUT2D eigenvalue weighted by Gasteiger charge is -2.22. The van der Waals surface area contributed by atoms with Crippen molar-refractivity contribution in [2.45, 2.75) is 17.4 Å². The fourth-order valence-electron chi connectivity index (χ4n) is 2.08. The van der Waals surface area contributed by atoms with E-state index in [1.165, 1.54) is 25.4 Å². The van der Waals surface area contributed by atoms with E-state index in [0.29, 0.717) is 6.42 Å². The normalized spacial score (nSPS) is 22.1. The molecule has 2 rings (SSSR count). The van der Waals surface area contributed by atoms with Crippen LogP contribution in [0.3, 0.4) is 0 Å². The quantitative estimate of drug-likeness (QED) is 0.548. The van der Waals surface area contributed by atoms with Crippen LogP contribution in [0.1, 0.15) is 6.42 Å². The minimum Gasteiger partial charge on any atom is -0.308 e. The Morgan fingerprint density at radius 2 is 2.20 bits per heavy atom. The van der Waals surface area contributed by atoms with Crippen LogP contribution in [-0.2, 0) is 19.9 Å². The van der Waals surface area contributed by atoms with E-state index >= 15 is 0 Å². The molecule has 112 valence electrons. The van der Waals surface area contributed by atoms with Gasteiger partial charge in [0.25, 0.3) is 0 Å². The largest absolute Gasteiger partial charge is 0.308 e. The van der Waals surface area contributed by atoms with Gasteiger partial charge in [-0.1, -0.05) is 0 Å². The summed E-state index contributed by atoms with van der Waals surface area (Å²) in [5.74, 6) is 5.29. The summed E-state index contributed by atoms with van der Waals surface area (Å²) in [5.41, 5.74) is 2.27. The van der Waals surface area contributed by atoms with Gasteiger partial charge in [-0.25, -0.2) is 27.7 Å². The zero-order chi connectivity index (χ0) is 15.0. The number of nitrogens with two attached hydrogens (primary N) is 1. The molecule has 1 aliphatic rings. The Morgan fingerprint density at radius 1 is 1.50 bits per heavy atom. The van der Waals surface area contributed by atoms with Gasteiger partial charge < -0.3 is 5.43 Å². The Hall–Kier alpha value is -1.23. The van der Waals surface area contributed by atoms with Crippen LogP contribution < -0.4 is 11.3 Å². The highest BCUT2D eigenvalue weighted by Gasteiger charge is 2.36. The van der Waals surface area contributed by atoms with Gasteiger partial charge in [-0.15, -0.1) is 0 Å². The van der Waals surface area contributed by atoms with E-state index in [1.807, 2.05) is 0 Å². The molecule has 3 N–H and O–H groups in total. The number of pyridine rings is 1. The van der Waals surface area contributed by atoms with Gasteiger partial charge >= 0.3 is 0 Å². The molecule has 8 nitrogen and oxygen atoms in total. The van der Waals surface area contributed by atoms with Gasteiger partial charge in [-0.05, 0) is 12.5 Å². The van der Waals surface area contributed by atoms with E-state index in [0.717, 1.165) is 4.31 Å². The van der Waals surface area contributed by atoms with E-state index in [9.17, 15) is 16.8 Å². The number of anilines is 1. The lowest BCUT2D eigenvalue weighted by atomic mass is 10.3. The van der Waals surface area contributed by atoms with Gasteiger partial charge in [0.15, 0.2) is 9.84 Å². The number of aromatic nitrogens is 1. The predicted octanol–water partition coefficient (Wildman–Crippen LogP) is -0.825. The van der Waals surface area contributed by atoms with Crippen LogP contribution in [0, 0.1) is 0 Å². The van der Waals surface area contributed by atoms with Crippen LogP contribution in [-0.4, -0.2) is 50.7 Å². The third-order valence-electron chi connectivity index (χ3n) is 3.28. The fourth-order valence-corrected chi connectivity index (χ4v) is 5.34. The SMILES string of the molecule is CN(C1CCS(=O)(=O)C1)S(=O)(=O)c1ccnc(NN)c1. The van der Waals surface area contributed by atoms with E-state index < -0.39 is 25.9 Å². The van der Waals surface area contributed by atoms with Crippen molar-refractivity contribution >= 4 is 25.7 Å². The second kappa shape index (κ2) is 5.28. The molecule has 2 heterocycles. The maximum Gasteiger partial charge on any atom is 0.243 e. The maximum absolute atomic E-state index is 12.4. The highest BCUT2D eigenvalue weighted by Crippen LogP contribution is 2.23. The van der Waals surface area contributed by atoms with Crippen LogP contribution in [0.25, 0.3) is 0 Å². The van der Waals surface area contributed by atoms with Gasteiger partial charge in [0.1, 0.15) is 5.82 Å². The maximum atomic E-state index is 12.4. The van der Waals surface area contributed by atoms with Crippen molar-refractivity contribution in [3.05, 3.63) is 18.3 Å². The lowest BCUT2D eigenvalue weighted by Crippen LogP contribution is -2.37. The summed E-state index contributed by atoms with van der Waals surface area (Å²) in [5, 5.41) is 0. The Bertz CT molecular complexity index is 702. The summed E-state index contributed by atoms with van der Waals surface area (Å²) in [4.78, 5) is 3.86. The molecule has 1 aliphatic heterocycles. The number of sulfone groups is 1. The first-order valence-corrected chi connectivity index (χ1v) is 9.13. The molecule has 0 bridgehead atoms. The number of hydrogen-bond donors (Lipinski definition) is 2. The minimum atomic E-state index is -3.77. The molecule has 1 saturated heterocycles. The summed E-state index contributed by atoms with van der Waals surface area (Å²) in [6, 6.07) is 2.11. The average molecular weight is 320 g/mol. The molecule has 20 heavy (non-hydrogen) atoms. The molecule has 0 aliphatic carbocycles. The van der Waals surface area contributed by atoms with Crippen LogP contribution in [0.15, 0.2) is 23.2 Å². The molecule has 0 saturated carbocycles. The zero-order valence-electron chi connectivity index (χ0n) is 10.9. The average Bonchev–Trinajstić information content (AvgIpc) is 2.78. The van der Waals surface area contributed by atoms with Crippen molar-refractivity contribution in [1.29, 1.82) is 0 Å². The highest BCUT2D eigenvalue weighted by molar-refractivity contribution is 7.92. The molecule has 1 atom stereocenters. The Morgan fingerprint density at radius 3 is 2.75 bits per heavy atom. The number of rotatable bonds is 4. The van der Waals surface area contributed by atoms with E-state index in [4.69, 9.17) is 5.84 Å². The topological polar surface area (TPSA) is 122 Å². The minimum absolute atomic E-state index is 0.0173. The molecular weight excluding hydrogens is 304 g/mol. The summed E-state index contributed by atoms with van der Waals surface area (Å²) < 4.78 is 48.9. The first-order chi connectivity index (χ1) is 9.26. The number of nitrogen functional groups attached to an aromatic ring is 1. The molecular formula is C10H16N4O4S2. The standard InChI is InChI=1S/C10H16N4O4S2/c1-14(8-3-5-19(15,16)7-8)20(17,18)9-2-4-12-10(6-9)13-11/h2,4,6,8H,3,5,7,11H2,1H3,(H,12,13). The first kappa shape index (κ1) is 15.2. The van der Waals surface area contributed by atoms with Crippen LogP contribution in [0.2, 0.25) is 0 Å². The molecule has 1 aromatic rings. The van der Waals surface area contributed by atoms with Crippen molar-refractivity contribution < 1.29 is 16.8 Å². The molecule has 1 aromatic heterocycles. The third-order valence-corrected chi connectivity index (χ3v) is 6.94. The second-order valence-electron chi connectivity index (χ2n) is 4.60. The molecule has 0 amide bonds. The Kier molecular flexibility index (Phi) is 4.00. The zero-order valence-corrected chi connectivity index (χ0v) is 12.5. The predicted molar refractivity (Wildman–Crippen MR) is 74.1 cm³/mol. The number of sulfonamides is 1. The van der Waals surface area contributed by atoms with Crippen LogP contribution >= 0.6 is 0 Å². The summed E-state index contributed by atoms with van der Waals surface area (Å²) in [6.45, 7) is 0. The second-order valence-corrected chi connectivity index (χ2v) is 8.83. The summed E-state index contributed by atoms with van der Waals surface area (Å²) in [7, 11) is -5.53. The van der Waals surface area contributed by atoms with Crippen molar-refractivity contribution in [1.82, 2.24) is 9.29 Å². The third kappa shape index (κ3) is 2.92. The first-order valence-electron chi connectivity index (χ1n) is 5.87. The van der Waals surface area contributed by atoms with E-state index in [2.05, 4.69) is 10.4 Å². The van der Waals surface area contributed by atoms with Crippen molar-refractivity contribution in [3.8, 4) is 0 Å². The smallest absolute Gasteiger partial charge is 0.243 e. The molecule has 0 spiro atoms. The number of hydrazine groups is 1. The van der Waals surface area contributed by atoms with Crippen molar-refractivity contribution in [2.24, 2.45) is 5.84 Å². The molecule has 1 fully saturated rings. The molecule has 1 unspecified atom stereocenters. The number of nitrogens with one attached hydrogen (secondary N) is 1. The van der Waals surface area contributed by atoms with Crippen LogP contribution in [0.5, 0.6) is 0 Å². The van der Waals surface area contributed by atoms with Gasteiger partial charge in [0.2, 0.25) is 10.0 Å². The monoisotopic (exact) mass is 320 g/mol. The molecule has 10 heteroatoms. The molecule has 0 aromatic carbocycles. The van der Waals surface area contributed by atoms with Crippen molar-refractivity contribution in [3.63, 3.8) is 0 Å². The number of nitrogens with zero attached hydrogens (tertiary/aromatic N) is 2. The summed E-state index contributed by atoms with van der Waals surface area (Å²) >= 11 is 0. The van der Waals surface area contributed by atoms with E-state index in [1.54, 1.807) is 0 Å². The van der Waals surface area contributed by atoms with Gasteiger partial charge in [0, 0.05) is 25.4 Å². The van der Waals surface area contributed by atoms with Gasteiger partial charge in [-0.3, -0.25) is 0 Å². The van der Waals surface area contributed by atoms with Gasteiger partial charge in [-0.2, -0.15) is 4.31 Å². The highest BCUT2D eigenvalue weighted by atomic mass is 32.2. The molecule has 0 radical (unpaired) electrons. The van der Waals surface area contributed by atoms with Gasteiger partial charge in [0.05, 0.1) is 16.4 Å². The van der Waals surface area contributed by atoms with Crippen LogP contribution in [0.4, 0.5) is 5.82 Å². The van der Waals surface area contributed by atoms with Crippen molar-refractivity contribution in [2.75, 3.05) is 24.0 Å². The Balaban J connectivity index is 2.30. The number of hydrogen-bond acceptors (Lipinski definition) is 7. The summed E-state index contributed by atoms with van der Waals surface area (Å²) in [6.07, 6.45) is 1.63.